The second kappa shape index (κ2) is 8.30. The lowest BCUT2D eigenvalue weighted by atomic mass is 9.92. The van der Waals surface area contributed by atoms with Crippen LogP contribution >= 0.6 is 11.6 Å². The molecule has 1 atom stereocenters. The third-order valence-corrected chi connectivity index (χ3v) is 4.61. The Kier molecular flexibility index (Phi) is 6.56. The van der Waals surface area contributed by atoms with Gasteiger partial charge in [0.2, 0.25) is 0 Å². The molecule has 1 saturated carbocycles. The number of hydrogen-bond acceptors (Lipinski definition) is 4. The molecule has 5 nitrogen and oxygen atoms in total. The molecule has 1 aromatic carbocycles. The number of ether oxygens (including phenoxy) is 2. The lowest BCUT2D eigenvalue weighted by Gasteiger charge is -2.31. The third kappa shape index (κ3) is 6.20. The van der Waals surface area contributed by atoms with Crippen molar-refractivity contribution in [2.75, 3.05) is 0 Å². The average molecular weight is 382 g/mol. The molecule has 0 heterocycles. The summed E-state index contributed by atoms with van der Waals surface area (Å²) in [4.78, 5) is 24.4. The minimum absolute atomic E-state index is 0.438. The van der Waals surface area contributed by atoms with Crippen molar-refractivity contribution in [2.24, 2.45) is 0 Å². The van der Waals surface area contributed by atoms with Crippen molar-refractivity contribution in [1.29, 1.82) is 0 Å². The zero-order valence-corrected chi connectivity index (χ0v) is 16.7. The smallest absolute Gasteiger partial charge is 0.408 e. The molecule has 0 aliphatic heterocycles. The first-order valence-corrected chi connectivity index (χ1v) is 9.43. The summed E-state index contributed by atoms with van der Waals surface area (Å²) >= 11 is 5.95. The van der Waals surface area contributed by atoms with E-state index in [4.69, 9.17) is 21.1 Å². The topological polar surface area (TPSA) is 64.6 Å². The summed E-state index contributed by atoms with van der Waals surface area (Å²) in [5.74, 6) is -0.438. The minimum Gasteiger partial charge on any atom is -0.457 e. The number of amides is 1. The molecule has 1 amide bonds. The second-order valence-corrected chi connectivity index (χ2v) is 8.42. The fraction of sp³-hybridized carbons (Fsp3) is 0.600. The standard InChI is InChI=1S/C20H28ClNO4/c1-14(22-18(24)26-19(2,3)4)17(23)25-20(11-5-6-12-20)13-15-7-9-16(21)10-8-15/h7-10,14H,5-6,11-13H2,1-4H3,(H,22,24)/t14-/m0/s1. The fourth-order valence-corrected chi connectivity index (χ4v) is 3.28. The van der Waals surface area contributed by atoms with E-state index in [1.165, 1.54) is 0 Å². The van der Waals surface area contributed by atoms with Crippen LogP contribution in [0.15, 0.2) is 24.3 Å². The van der Waals surface area contributed by atoms with Crippen molar-refractivity contribution in [2.45, 2.75) is 77.0 Å². The van der Waals surface area contributed by atoms with Gasteiger partial charge in [0, 0.05) is 11.4 Å². The molecule has 1 aromatic rings. The number of alkyl carbamates (subject to hydrolysis) is 1. The van der Waals surface area contributed by atoms with Crippen molar-refractivity contribution in [1.82, 2.24) is 5.32 Å². The van der Waals surface area contributed by atoms with E-state index in [-0.39, 0.29) is 0 Å². The van der Waals surface area contributed by atoms with E-state index < -0.39 is 29.3 Å². The van der Waals surface area contributed by atoms with E-state index in [0.717, 1.165) is 31.2 Å². The van der Waals surface area contributed by atoms with Gasteiger partial charge in [0.05, 0.1) is 0 Å². The Morgan fingerprint density at radius 3 is 2.31 bits per heavy atom. The zero-order valence-electron chi connectivity index (χ0n) is 15.9. The third-order valence-electron chi connectivity index (χ3n) is 4.36. The Morgan fingerprint density at radius 1 is 1.19 bits per heavy atom. The lowest BCUT2D eigenvalue weighted by molar-refractivity contribution is -0.161. The van der Waals surface area contributed by atoms with E-state index in [9.17, 15) is 9.59 Å². The first-order chi connectivity index (χ1) is 12.1. The van der Waals surface area contributed by atoms with E-state index in [2.05, 4.69) is 5.32 Å². The van der Waals surface area contributed by atoms with Gasteiger partial charge in [0.25, 0.3) is 0 Å². The number of carbonyl (C=O) groups excluding carboxylic acids is 2. The van der Waals surface area contributed by atoms with Gasteiger partial charge in [0.15, 0.2) is 0 Å². The van der Waals surface area contributed by atoms with E-state index in [1.54, 1.807) is 27.7 Å². The van der Waals surface area contributed by atoms with Crippen LogP contribution in [-0.2, 0) is 20.7 Å². The summed E-state index contributed by atoms with van der Waals surface area (Å²) in [6, 6.07) is 6.83. The van der Waals surface area contributed by atoms with Crippen molar-refractivity contribution in [3.63, 3.8) is 0 Å². The largest absolute Gasteiger partial charge is 0.457 e. The molecule has 2 rings (SSSR count). The Balaban J connectivity index is 1.98. The van der Waals surface area contributed by atoms with Crippen LogP contribution in [0.5, 0.6) is 0 Å². The molecular weight excluding hydrogens is 354 g/mol. The van der Waals surface area contributed by atoms with Crippen LogP contribution in [0.4, 0.5) is 4.79 Å². The molecular formula is C20H28ClNO4. The predicted octanol–water partition coefficient (Wildman–Crippen LogP) is 4.65. The summed E-state index contributed by atoms with van der Waals surface area (Å²) in [6.45, 7) is 6.93. The number of halogens is 1. The van der Waals surface area contributed by atoms with Crippen molar-refractivity contribution in [3.8, 4) is 0 Å². The Bertz CT molecular complexity index is 630. The molecule has 0 bridgehead atoms. The first-order valence-electron chi connectivity index (χ1n) is 9.05. The molecule has 1 fully saturated rings. The highest BCUT2D eigenvalue weighted by Crippen LogP contribution is 2.36. The van der Waals surface area contributed by atoms with Crippen LogP contribution in [-0.4, -0.2) is 29.3 Å². The Hall–Kier alpha value is -1.75. The summed E-state index contributed by atoms with van der Waals surface area (Å²) < 4.78 is 11.1. The van der Waals surface area contributed by atoms with Crippen LogP contribution in [0.25, 0.3) is 0 Å². The Labute approximate surface area is 160 Å². The molecule has 0 saturated heterocycles. The predicted molar refractivity (Wildman–Crippen MR) is 101 cm³/mol. The van der Waals surface area contributed by atoms with Gasteiger partial charge in [0.1, 0.15) is 17.2 Å². The van der Waals surface area contributed by atoms with Crippen LogP contribution in [0, 0.1) is 0 Å². The normalized spacial score (nSPS) is 17.4. The van der Waals surface area contributed by atoms with Gasteiger partial charge in [-0.25, -0.2) is 9.59 Å². The van der Waals surface area contributed by atoms with Crippen LogP contribution in [0.1, 0.15) is 58.9 Å². The highest BCUT2D eigenvalue weighted by Gasteiger charge is 2.39. The number of benzene rings is 1. The van der Waals surface area contributed by atoms with Gasteiger partial charge in [-0.1, -0.05) is 23.7 Å². The first kappa shape index (κ1) is 20.6. The molecule has 0 radical (unpaired) electrons. The monoisotopic (exact) mass is 381 g/mol. The van der Waals surface area contributed by atoms with Gasteiger partial charge in [-0.2, -0.15) is 0 Å². The number of carbonyl (C=O) groups is 2. The molecule has 26 heavy (non-hydrogen) atoms. The van der Waals surface area contributed by atoms with E-state index in [0.29, 0.717) is 11.4 Å². The number of nitrogens with one attached hydrogen (secondary N) is 1. The molecule has 1 N–H and O–H groups in total. The molecule has 0 unspecified atom stereocenters. The maximum Gasteiger partial charge on any atom is 0.408 e. The van der Waals surface area contributed by atoms with Crippen LogP contribution < -0.4 is 5.32 Å². The molecule has 1 aliphatic rings. The Morgan fingerprint density at radius 2 is 1.77 bits per heavy atom. The molecule has 0 spiro atoms. The maximum absolute atomic E-state index is 12.5. The molecule has 6 heteroatoms. The van der Waals surface area contributed by atoms with E-state index >= 15 is 0 Å². The second-order valence-electron chi connectivity index (χ2n) is 7.98. The highest BCUT2D eigenvalue weighted by molar-refractivity contribution is 6.30. The number of rotatable bonds is 5. The summed E-state index contributed by atoms with van der Waals surface area (Å²) in [5, 5.41) is 3.23. The van der Waals surface area contributed by atoms with Gasteiger partial charge < -0.3 is 14.8 Å². The lowest BCUT2D eigenvalue weighted by Crippen LogP contribution is -2.46. The van der Waals surface area contributed by atoms with Gasteiger partial charge >= 0.3 is 12.1 Å². The summed E-state index contributed by atoms with van der Waals surface area (Å²) in [5.41, 5.74) is -0.0547. The molecule has 1 aliphatic carbocycles. The van der Waals surface area contributed by atoms with Gasteiger partial charge in [-0.3, -0.25) is 0 Å². The van der Waals surface area contributed by atoms with Crippen molar-refractivity contribution >= 4 is 23.7 Å². The number of hydrogen-bond donors (Lipinski definition) is 1. The fourth-order valence-electron chi connectivity index (χ4n) is 3.15. The SMILES string of the molecule is C[C@H](NC(=O)OC(C)(C)C)C(=O)OC1(Cc2ccc(Cl)cc2)CCCC1. The summed E-state index contributed by atoms with van der Waals surface area (Å²) in [7, 11) is 0. The maximum atomic E-state index is 12.5. The van der Waals surface area contributed by atoms with Crippen molar-refractivity contribution in [3.05, 3.63) is 34.9 Å². The quantitative estimate of drug-likeness (QED) is 0.754. The van der Waals surface area contributed by atoms with Gasteiger partial charge in [-0.05, 0) is 71.1 Å². The average Bonchev–Trinajstić information content (AvgIpc) is 2.95. The summed E-state index contributed by atoms with van der Waals surface area (Å²) in [6.07, 6.45) is 3.71. The van der Waals surface area contributed by atoms with Crippen LogP contribution in [0.3, 0.4) is 0 Å². The highest BCUT2D eigenvalue weighted by atomic mass is 35.5. The van der Waals surface area contributed by atoms with E-state index in [1.807, 2.05) is 24.3 Å². The molecule has 144 valence electrons. The van der Waals surface area contributed by atoms with Gasteiger partial charge in [-0.15, -0.1) is 0 Å². The minimum atomic E-state index is -0.771. The number of esters is 1. The zero-order chi connectivity index (χ0) is 19.4. The molecule has 0 aromatic heterocycles. The van der Waals surface area contributed by atoms with Crippen molar-refractivity contribution < 1.29 is 19.1 Å². The van der Waals surface area contributed by atoms with Crippen LogP contribution in [0.2, 0.25) is 5.02 Å².